The number of sulfone groups is 1. The minimum atomic E-state index is -3.13. The third-order valence-corrected chi connectivity index (χ3v) is 3.15. The van der Waals surface area contributed by atoms with Crippen LogP contribution in [0.2, 0.25) is 0 Å². The van der Waals surface area contributed by atoms with Crippen LogP contribution in [0.3, 0.4) is 0 Å². The molecule has 3 heteroatoms. The standard InChI is InChI=1S/C12H16O2S/c1-10(2)8-9-11-6-4-5-7-12(11)15(3,13)14/h4-10H,1-3H3/b9-8+. The average molecular weight is 224 g/mol. The van der Waals surface area contributed by atoms with Gasteiger partial charge in [-0.25, -0.2) is 8.42 Å². The van der Waals surface area contributed by atoms with Gasteiger partial charge in [-0.1, -0.05) is 44.2 Å². The first-order valence-corrected chi connectivity index (χ1v) is 6.77. The quantitative estimate of drug-likeness (QED) is 0.791. The molecule has 0 fully saturated rings. The fourth-order valence-electron chi connectivity index (χ4n) is 1.25. The number of hydrogen-bond donors (Lipinski definition) is 0. The van der Waals surface area contributed by atoms with Crippen LogP contribution in [0.25, 0.3) is 6.08 Å². The Labute approximate surface area is 91.6 Å². The highest BCUT2D eigenvalue weighted by atomic mass is 32.2. The Bertz CT molecular complexity index is 456. The second-order valence-electron chi connectivity index (χ2n) is 3.91. The highest BCUT2D eigenvalue weighted by Gasteiger charge is 2.09. The van der Waals surface area contributed by atoms with Crippen molar-refractivity contribution in [2.24, 2.45) is 5.92 Å². The first kappa shape index (κ1) is 12.0. The Balaban J connectivity index is 3.19. The van der Waals surface area contributed by atoms with E-state index >= 15 is 0 Å². The molecule has 0 aromatic heterocycles. The van der Waals surface area contributed by atoms with Crippen LogP contribution in [0, 0.1) is 5.92 Å². The van der Waals surface area contributed by atoms with E-state index in [2.05, 4.69) is 13.8 Å². The summed E-state index contributed by atoms with van der Waals surface area (Å²) in [5, 5.41) is 0. The van der Waals surface area contributed by atoms with Crippen LogP contribution in [0.5, 0.6) is 0 Å². The van der Waals surface area contributed by atoms with Crippen LogP contribution < -0.4 is 0 Å². The van der Waals surface area contributed by atoms with E-state index in [1.165, 1.54) is 6.26 Å². The highest BCUT2D eigenvalue weighted by molar-refractivity contribution is 7.90. The van der Waals surface area contributed by atoms with Crippen LogP contribution in [-0.4, -0.2) is 14.7 Å². The fourth-order valence-corrected chi connectivity index (χ4v) is 2.14. The van der Waals surface area contributed by atoms with Gasteiger partial charge in [0, 0.05) is 6.26 Å². The minimum Gasteiger partial charge on any atom is -0.224 e. The van der Waals surface area contributed by atoms with Crippen molar-refractivity contribution >= 4 is 15.9 Å². The van der Waals surface area contributed by atoms with Gasteiger partial charge in [0.2, 0.25) is 0 Å². The first-order valence-electron chi connectivity index (χ1n) is 4.88. The molecule has 82 valence electrons. The lowest BCUT2D eigenvalue weighted by atomic mass is 10.1. The average Bonchev–Trinajstić information content (AvgIpc) is 2.13. The summed E-state index contributed by atoms with van der Waals surface area (Å²) >= 11 is 0. The summed E-state index contributed by atoms with van der Waals surface area (Å²) in [7, 11) is -3.13. The second-order valence-corrected chi connectivity index (χ2v) is 5.90. The molecule has 0 aliphatic heterocycles. The Hall–Kier alpha value is -1.09. The maximum atomic E-state index is 11.5. The minimum absolute atomic E-state index is 0.391. The molecule has 0 amide bonds. The van der Waals surface area contributed by atoms with Crippen molar-refractivity contribution in [2.45, 2.75) is 18.7 Å². The molecule has 1 rings (SSSR count). The monoisotopic (exact) mass is 224 g/mol. The molecule has 0 heterocycles. The molecular weight excluding hydrogens is 208 g/mol. The smallest absolute Gasteiger partial charge is 0.176 e. The summed E-state index contributed by atoms with van der Waals surface area (Å²) in [6.07, 6.45) is 5.08. The zero-order valence-corrected chi connectivity index (χ0v) is 10.1. The maximum Gasteiger partial charge on any atom is 0.176 e. The third-order valence-electron chi connectivity index (χ3n) is 1.98. The van der Waals surface area contributed by atoms with E-state index < -0.39 is 9.84 Å². The van der Waals surface area contributed by atoms with Gasteiger partial charge >= 0.3 is 0 Å². The maximum absolute atomic E-state index is 11.5. The molecule has 0 unspecified atom stereocenters. The molecule has 0 spiro atoms. The van der Waals surface area contributed by atoms with E-state index in [-0.39, 0.29) is 0 Å². The molecule has 0 aliphatic rings. The van der Waals surface area contributed by atoms with Crippen molar-refractivity contribution in [2.75, 3.05) is 6.26 Å². The molecule has 0 saturated carbocycles. The molecule has 0 atom stereocenters. The predicted octanol–water partition coefficient (Wildman–Crippen LogP) is 2.76. The normalized spacial score (nSPS) is 12.5. The Kier molecular flexibility index (Phi) is 3.69. The molecule has 15 heavy (non-hydrogen) atoms. The lowest BCUT2D eigenvalue weighted by molar-refractivity contribution is 0.601. The molecule has 1 aromatic carbocycles. The molecule has 1 aromatic rings. The molecule has 0 radical (unpaired) electrons. The largest absolute Gasteiger partial charge is 0.224 e. The van der Waals surface area contributed by atoms with Crippen molar-refractivity contribution < 1.29 is 8.42 Å². The molecule has 0 bridgehead atoms. The zero-order valence-electron chi connectivity index (χ0n) is 9.27. The summed E-state index contributed by atoms with van der Waals surface area (Å²) in [6.45, 7) is 4.11. The number of allylic oxidation sites excluding steroid dienone is 1. The third kappa shape index (κ3) is 3.51. The SMILES string of the molecule is CC(C)/C=C/c1ccccc1S(C)(=O)=O. The van der Waals surface area contributed by atoms with E-state index in [1.54, 1.807) is 12.1 Å². The first-order chi connectivity index (χ1) is 6.91. The zero-order chi connectivity index (χ0) is 11.5. The van der Waals surface area contributed by atoms with Gasteiger partial charge in [0.25, 0.3) is 0 Å². The number of rotatable bonds is 3. The van der Waals surface area contributed by atoms with Gasteiger partial charge < -0.3 is 0 Å². The topological polar surface area (TPSA) is 34.1 Å². The van der Waals surface area contributed by atoms with Gasteiger partial charge in [0.15, 0.2) is 9.84 Å². The van der Waals surface area contributed by atoms with E-state index in [9.17, 15) is 8.42 Å². The van der Waals surface area contributed by atoms with Gasteiger partial charge in [-0.3, -0.25) is 0 Å². The van der Waals surface area contributed by atoms with Gasteiger partial charge in [-0.2, -0.15) is 0 Å². The van der Waals surface area contributed by atoms with Crippen LogP contribution >= 0.6 is 0 Å². The summed E-state index contributed by atoms with van der Waals surface area (Å²) < 4.78 is 22.9. The van der Waals surface area contributed by atoms with E-state index in [0.717, 1.165) is 5.56 Å². The summed E-state index contributed by atoms with van der Waals surface area (Å²) in [4.78, 5) is 0.391. The van der Waals surface area contributed by atoms with Gasteiger partial charge in [-0.15, -0.1) is 0 Å². The van der Waals surface area contributed by atoms with Crippen LogP contribution in [0.15, 0.2) is 35.2 Å². The molecular formula is C12H16O2S. The lowest BCUT2D eigenvalue weighted by Gasteiger charge is -2.03. The van der Waals surface area contributed by atoms with Crippen LogP contribution in [0.4, 0.5) is 0 Å². The van der Waals surface area contributed by atoms with Crippen LogP contribution in [-0.2, 0) is 9.84 Å². The van der Waals surface area contributed by atoms with Crippen molar-refractivity contribution in [1.29, 1.82) is 0 Å². The van der Waals surface area contributed by atoms with Gasteiger partial charge in [-0.05, 0) is 17.5 Å². The number of hydrogen-bond acceptors (Lipinski definition) is 2. The number of benzene rings is 1. The van der Waals surface area contributed by atoms with Gasteiger partial charge in [0.1, 0.15) is 0 Å². The molecule has 0 aliphatic carbocycles. The highest BCUT2D eigenvalue weighted by Crippen LogP contribution is 2.17. The molecule has 2 nitrogen and oxygen atoms in total. The van der Waals surface area contributed by atoms with E-state index in [4.69, 9.17) is 0 Å². The van der Waals surface area contributed by atoms with Gasteiger partial charge in [0.05, 0.1) is 4.90 Å². The Morgan fingerprint density at radius 3 is 2.33 bits per heavy atom. The van der Waals surface area contributed by atoms with Crippen molar-refractivity contribution in [3.05, 3.63) is 35.9 Å². The van der Waals surface area contributed by atoms with Crippen molar-refractivity contribution in [3.8, 4) is 0 Å². The van der Waals surface area contributed by atoms with Crippen molar-refractivity contribution in [1.82, 2.24) is 0 Å². The fraction of sp³-hybridized carbons (Fsp3) is 0.333. The predicted molar refractivity (Wildman–Crippen MR) is 63.4 cm³/mol. The molecule has 0 N–H and O–H groups in total. The molecule has 0 saturated heterocycles. The summed E-state index contributed by atoms with van der Waals surface area (Å²) in [5.41, 5.74) is 0.758. The van der Waals surface area contributed by atoms with Crippen molar-refractivity contribution in [3.63, 3.8) is 0 Å². The van der Waals surface area contributed by atoms with Crippen LogP contribution in [0.1, 0.15) is 19.4 Å². The van der Waals surface area contributed by atoms with E-state index in [0.29, 0.717) is 10.8 Å². The second kappa shape index (κ2) is 4.62. The lowest BCUT2D eigenvalue weighted by Crippen LogP contribution is -1.99. The summed E-state index contributed by atoms with van der Waals surface area (Å²) in [5.74, 6) is 0.414. The van der Waals surface area contributed by atoms with E-state index in [1.807, 2.05) is 24.3 Å². The Morgan fingerprint density at radius 1 is 1.20 bits per heavy atom. The summed E-state index contributed by atoms with van der Waals surface area (Å²) in [6, 6.07) is 7.03. The Morgan fingerprint density at radius 2 is 1.80 bits per heavy atom.